The van der Waals surface area contributed by atoms with Gasteiger partial charge in [-0.15, -0.1) is 0 Å². The molecule has 2 N–H and O–H groups in total. The molecule has 3 heteroatoms. The van der Waals surface area contributed by atoms with Crippen LogP contribution < -0.4 is 0 Å². The summed E-state index contributed by atoms with van der Waals surface area (Å²) in [5.74, 6) is -0.626. The van der Waals surface area contributed by atoms with Crippen LogP contribution in [0.5, 0.6) is 5.75 Å². The lowest BCUT2D eigenvalue weighted by molar-refractivity contribution is 0.0693. The summed E-state index contributed by atoms with van der Waals surface area (Å²) in [6.07, 6.45) is 13.2. The summed E-state index contributed by atoms with van der Waals surface area (Å²) in [7, 11) is 0. The summed E-state index contributed by atoms with van der Waals surface area (Å²) in [5, 5.41) is 18.3. The van der Waals surface area contributed by atoms with E-state index >= 15 is 0 Å². The number of carboxylic acid groups (broad SMARTS) is 1. The van der Waals surface area contributed by atoms with E-state index in [4.69, 9.17) is 5.11 Å². The molecule has 1 aliphatic carbocycles. The zero-order valence-electron chi connectivity index (χ0n) is 10.7. The predicted octanol–water partition coefficient (Wildman–Crippen LogP) is 3.85. The smallest absolute Gasteiger partial charge is 0.339 e. The molecule has 1 aliphatic rings. The SMILES string of the molecule is O=C(O)c1cc(/C=C/C=C/C2CCCC2)ccc1O. The number of aromatic hydroxyl groups is 1. The number of benzene rings is 1. The van der Waals surface area contributed by atoms with E-state index in [1.165, 1.54) is 37.8 Å². The lowest BCUT2D eigenvalue weighted by Crippen LogP contribution is -1.96. The first-order chi connectivity index (χ1) is 9.16. The molecule has 0 amide bonds. The Kier molecular flexibility index (Phi) is 4.39. The molecule has 0 aromatic heterocycles. The van der Waals surface area contributed by atoms with Crippen LogP contribution in [0, 0.1) is 5.92 Å². The molecule has 0 atom stereocenters. The first kappa shape index (κ1) is 13.4. The topological polar surface area (TPSA) is 57.5 Å². The fourth-order valence-corrected chi connectivity index (χ4v) is 2.37. The van der Waals surface area contributed by atoms with Crippen molar-refractivity contribution in [3.8, 4) is 5.75 Å². The molecule has 2 rings (SSSR count). The molecule has 100 valence electrons. The molecule has 1 aromatic rings. The third-order valence-corrected chi connectivity index (χ3v) is 3.43. The lowest BCUT2D eigenvalue weighted by Gasteiger charge is -2.00. The average Bonchev–Trinajstić information content (AvgIpc) is 2.89. The maximum atomic E-state index is 10.9. The average molecular weight is 258 g/mol. The van der Waals surface area contributed by atoms with Crippen molar-refractivity contribution < 1.29 is 15.0 Å². The Morgan fingerprint density at radius 2 is 1.95 bits per heavy atom. The number of carbonyl (C=O) groups is 1. The van der Waals surface area contributed by atoms with Crippen LogP contribution in [0.1, 0.15) is 41.6 Å². The van der Waals surface area contributed by atoms with Gasteiger partial charge in [0.2, 0.25) is 0 Å². The number of hydrogen-bond acceptors (Lipinski definition) is 2. The van der Waals surface area contributed by atoms with Crippen LogP contribution in [0.3, 0.4) is 0 Å². The van der Waals surface area contributed by atoms with Gasteiger partial charge in [-0.05, 0) is 36.5 Å². The molecule has 0 saturated heterocycles. The maximum absolute atomic E-state index is 10.9. The number of phenols is 1. The highest BCUT2D eigenvalue weighted by Gasteiger charge is 2.10. The molecule has 0 aliphatic heterocycles. The lowest BCUT2D eigenvalue weighted by atomic mass is 10.1. The minimum absolute atomic E-state index is 0.0677. The molecular weight excluding hydrogens is 240 g/mol. The van der Waals surface area contributed by atoms with Gasteiger partial charge in [0, 0.05) is 0 Å². The van der Waals surface area contributed by atoms with Crippen molar-refractivity contribution >= 4 is 12.0 Å². The molecule has 3 nitrogen and oxygen atoms in total. The molecule has 19 heavy (non-hydrogen) atoms. The van der Waals surface area contributed by atoms with Crippen molar-refractivity contribution in [2.24, 2.45) is 5.92 Å². The summed E-state index contributed by atoms with van der Waals surface area (Å²) < 4.78 is 0. The molecule has 0 bridgehead atoms. The summed E-state index contributed by atoms with van der Waals surface area (Å²) in [4.78, 5) is 10.9. The third kappa shape index (κ3) is 3.71. The van der Waals surface area contributed by atoms with Gasteiger partial charge in [0.1, 0.15) is 11.3 Å². The van der Waals surface area contributed by atoms with Gasteiger partial charge in [-0.2, -0.15) is 0 Å². The fourth-order valence-electron chi connectivity index (χ4n) is 2.37. The Bertz CT molecular complexity index is 509. The zero-order valence-corrected chi connectivity index (χ0v) is 10.7. The summed E-state index contributed by atoms with van der Waals surface area (Å²) in [5.41, 5.74) is 0.702. The van der Waals surface area contributed by atoms with Gasteiger partial charge < -0.3 is 10.2 Å². The van der Waals surface area contributed by atoms with Gasteiger partial charge in [-0.25, -0.2) is 4.79 Å². The standard InChI is InChI=1S/C16H18O3/c17-15-10-9-13(11-14(15)16(18)19)8-4-3-7-12-5-1-2-6-12/h3-4,7-12,17H,1-2,5-6H2,(H,18,19)/b7-3+,8-4+. The molecule has 1 fully saturated rings. The molecule has 1 saturated carbocycles. The highest BCUT2D eigenvalue weighted by Crippen LogP contribution is 2.25. The van der Waals surface area contributed by atoms with Crippen molar-refractivity contribution in [1.82, 2.24) is 0 Å². The van der Waals surface area contributed by atoms with Crippen molar-refractivity contribution in [3.63, 3.8) is 0 Å². The van der Waals surface area contributed by atoms with Gasteiger partial charge in [-0.3, -0.25) is 0 Å². The van der Waals surface area contributed by atoms with E-state index in [0.717, 1.165) is 5.56 Å². The van der Waals surface area contributed by atoms with Crippen molar-refractivity contribution in [2.75, 3.05) is 0 Å². The Labute approximate surface area is 112 Å². The van der Waals surface area contributed by atoms with E-state index in [-0.39, 0.29) is 11.3 Å². The van der Waals surface area contributed by atoms with Crippen LogP contribution in [-0.2, 0) is 0 Å². The van der Waals surface area contributed by atoms with Crippen LogP contribution >= 0.6 is 0 Å². The molecule has 1 aromatic carbocycles. The molecule has 0 radical (unpaired) electrons. The van der Waals surface area contributed by atoms with E-state index in [1.807, 2.05) is 18.2 Å². The summed E-state index contributed by atoms with van der Waals surface area (Å²) in [6.45, 7) is 0. The molecule has 0 heterocycles. The van der Waals surface area contributed by atoms with Gasteiger partial charge in [0.25, 0.3) is 0 Å². The van der Waals surface area contributed by atoms with Crippen LogP contribution in [-0.4, -0.2) is 16.2 Å². The van der Waals surface area contributed by atoms with Crippen molar-refractivity contribution in [3.05, 3.63) is 47.6 Å². The first-order valence-corrected chi connectivity index (χ1v) is 6.58. The Morgan fingerprint density at radius 1 is 1.21 bits per heavy atom. The first-order valence-electron chi connectivity index (χ1n) is 6.58. The van der Waals surface area contributed by atoms with Crippen LogP contribution in [0.4, 0.5) is 0 Å². The van der Waals surface area contributed by atoms with Crippen LogP contribution in [0.2, 0.25) is 0 Å². The Balaban J connectivity index is 2.02. The number of allylic oxidation sites excluding steroid dienone is 3. The zero-order chi connectivity index (χ0) is 13.7. The minimum atomic E-state index is -1.12. The largest absolute Gasteiger partial charge is 0.507 e. The second-order valence-electron chi connectivity index (χ2n) is 4.87. The van der Waals surface area contributed by atoms with Crippen molar-refractivity contribution in [2.45, 2.75) is 25.7 Å². The molecule has 0 spiro atoms. The van der Waals surface area contributed by atoms with Crippen LogP contribution in [0.25, 0.3) is 6.08 Å². The Morgan fingerprint density at radius 3 is 2.63 bits per heavy atom. The van der Waals surface area contributed by atoms with E-state index < -0.39 is 5.97 Å². The normalized spacial score (nSPS) is 16.6. The fraction of sp³-hybridized carbons (Fsp3) is 0.312. The quantitative estimate of drug-likeness (QED) is 0.806. The van der Waals surface area contributed by atoms with Crippen LogP contribution in [0.15, 0.2) is 36.4 Å². The van der Waals surface area contributed by atoms with Gasteiger partial charge >= 0.3 is 5.97 Å². The van der Waals surface area contributed by atoms with E-state index in [9.17, 15) is 9.90 Å². The summed E-state index contributed by atoms with van der Waals surface area (Å²) >= 11 is 0. The van der Waals surface area contributed by atoms with Gasteiger partial charge in [-0.1, -0.05) is 43.2 Å². The van der Waals surface area contributed by atoms with Crippen molar-refractivity contribution in [1.29, 1.82) is 0 Å². The number of aromatic carboxylic acids is 1. The van der Waals surface area contributed by atoms with E-state index in [2.05, 4.69) is 6.08 Å². The molecule has 0 unspecified atom stereocenters. The van der Waals surface area contributed by atoms with E-state index in [0.29, 0.717) is 5.92 Å². The maximum Gasteiger partial charge on any atom is 0.339 e. The molecular formula is C16H18O3. The number of hydrogen-bond donors (Lipinski definition) is 2. The third-order valence-electron chi connectivity index (χ3n) is 3.43. The number of carboxylic acids is 1. The van der Waals surface area contributed by atoms with Gasteiger partial charge in [0.05, 0.1) is 0 Å². The van der Waals surface area contributed by atoms with E-state index in [1.54, 1.807) is 6.07 Å². The monoisotopic (exact) mass is 258 g/mol. The predicted molar refractivity (Wildman–Crippen MR) is 75.2 cm³/mol. The second-order valence-corrected chi connectivity index (χ2v) is 4.87. The minimum Gasteiger partial charge on any atom is -0.507 e. The van der Waals surface area contributed by atoms with Gasteiger partial charge in [0.15, 0.2) is 0 Å². The number of rotatable bonds is 4. The summed E-state index contributed by atoms with van der Waals surface area (Å²) in [6, 6.07) is 4.57. The highest BCUT2D eigenvalue weighted by molar-refractivity contribution is 5.91. The Hall–Kier alpha value is -2.03. The second kappa shape index (κ2) is 6.23. The highest BCUT2D eigenvalue weighted by atomic mass is 16.4.